The van der Waals surface area contributed by atoms with E-state index in [1.165, 1.54) is 23.4 Å². The van der Waals surface area contributed by atoms with Gasteiger partial charge in [0.05, 0.1) is 19.1 Å². The molecule has 28 heavy (non-hydrogen) atoms. The van der Waals surface area contributed by atoms with E-state index in [1.54, 1.807) is 4.90 Å². The van der Waals surface area contributed by atoms with Crippen LogP contribution in [0.1, 0.15) is 44.7 Å². The van der Waals surface area contributed by atoms with Gasteiger partial charge in [0.1, 0.15) is 11.6 Å². The molecule has 2 aliphatic rings. The van der Waals surface area contributed by atoms with Gasteiger partial charge in [0.2, 0.25) is 5.91 Å². The van der Waals surface area contributed by atoms with Gasteiger partial charge in [0.15, 0.2) is 0 Å². The molecule has 1 unspecified atom stereocenters. The number of hydrogen-bond acceptors (Lipinski definition) is 3. The molecule has 2 aliphatic heterocycles. The number of nitrogens with zero attached hydrogens (tertiary/aromatic N) is 3. The molecule has 1 atom stereocenters. The Morgan fingerprint density at radius 3 is 2.36 bits per heavy atom. The predicted molar refractivity (Wildman–Crippen MR) is 100 cm³/mol. The number of hydrazone groups is 1. The van der Waals surface area contributed by atoms with Crippen molar-refractivity contribution in [3.05, 3.63) is 47.5 Å². The topological polar surface area (TPSA) is 35.9 Å². The number of rotatable bonds is 6. The second-order valence-electron chi connectivity index (χ2n) is 6.74. The van der Waals surface area contributed by atoms with E-state index in [4.69, 9.17) is 0 Å². The van der Waals surface area contributed by atoms with Gasteiger partial charge >= 0.3 is 0 Å². The van der Waals surface area contributed by atoms with Crippen LogP contribution >= 0.6 is 0 Å². The summed E-state index contributed by atoms with van der Waals surface area (Å²) in [4.78, 5) is 14.0. The Labute approximate surface area is 162 Å². The molecule has 0 spiro atoms. The normalized spacial score (nSPS) is 20.4. The van der Waals surface area contributed by atoms with Gasteiger partial charge in [-0.2, -0.15) is 5.10 Å². The van der Waals surface area contributed by atoms with Gasteiger partial charge in [-0.05, 0) is 24.1 Å². The molecule has 4 nitrogen and oxygen atoms in total. The number of amides is 1. The molecule has 0 saturated carbocycles. The van der Waals surface area contributed by atoms with Crippen molar-refractivity contribution in [2.75, 3.05) is 19.6 Å². The van der Waals surface area contributed by atoms with Gasteiger partial charge in [-0.1, -0.05) is 26.0 Å². The van der Waals surface area contributed by atoms with Gasteiger partial charge in [-0.15, -0.1) is 0 Å². The summed E-state index contributed by atoms with van der Waals surface area (Å²) in [5.41, 5.74) is 1.03. The van der Waals surface area contributed by atoms with Crippen molar-refractivity contribution in [1.82, 2.24) is 9.91 Å². The minimum atomic E-state index is -2.63. The van der Waals surface area contributed by atoms with Crippen molar-refractivity contribution in [1.29, 1.82) is 0 Å². The Kier molecular flexibility index (Phi) is 7.35. The van der Waals surface area contributed by atoms with Crippen LogP contribution in [0.2, 0.25) is 0 Å². The molecule has 1 saturated heterocycles. The molecule has 2 heterocycles. The molecule has 8 heteroatoms. The maximum absolute atomic E-state index is 13.4. The lowest BCUT2D eigenvalue weighted by Gasteiger charge is -2.39. The van der Waals surface area contributed by atoms with Crippen LogP contribution in [-0.4, -0.2) is 47.6 Å². The van der Waals surface area contributed by atoms with E-state index >= 15 is 0 Å². The van der Waals surface area contributed by atoms with Crippen LogP contribution in [0.15, 0.2) is 35.5 Å². The summed E-state index contributed by atoms with van der Waals surface area (Å²) < 4.78 is 52.5. The van der Waals surface area contributed by atoms with Gasteiger partial charge in [-0.25, -0.2) is 22.6 Å². The first kappa shape index (κ1) is 22.1. The smallest absolute Gasteiger partial charge is 0.272 e. The minimum absolute atomic E-state index is 0.106. The second-order valence-corrected chi connectivity index (χ2v) is 6.74. The lowest BCUT2D eigenvalue weighted by atomic mass is 10.0. The molecule has 1 amide bonds. The highest BCUT2D eigenvalue weighted by molar-refractivity contribution is 5.80. The predicted octanol–water partition coefficient (Wildman–Crippen LogP) is 4.54. The summed E-state index contributed by atoms with van der Waals surface area (Å²) in [6, 6.07) is 2.60. The molecule has 0 aromatic heterocycles. The Morgan fingerprint density at radius 2 is 1.79 bits per heavy atom. The van der Waals surface area contributed by atoms with Gasteiger partial charge < -0.3 is 0 Å². The lowest BCUT2D eigenvalue weighted by molar-refractivity contribution is -0.133. The number of hydrogen-bond donors (Lipinski definition) is 0. The molecule has 0 N–H and O–H groups in total. The highest BCUT2D eigenvalue weighted by Crippen LogP contribution is 2.31. The standard InChI is InChI=1S/C18H19F4N3O.C2H6/c1-12(9-24-10-18(21,22)11-24)2-3-17(26)25-16(4-5-23-25)13-6-14(19)8-15(20)7-13;1-2/h5-8,16H,1-4,9-11H2;1-2H3. The molecule has 154 valence electrons. The third-order valence-corrected chi connectivity index (χ3v) is 4.40. The van der Waals surface area contributed by atoms with Crippen LogP contribution < -0.4 is 0 Å². The zero-order chi connectivity index (χ0) is 20.9. The first-order valence-electron chi connectivity index (χ1n) is 9.31. The van der Waals surface area contributed by atoms with Crippen molar-refractivity contribution < 1.29 is 22.4 Å². The van der Waals surface area contributed by atoms with E-state index in [2.05, 4.69) is 11.7 Å². The van der Waals surface area contributed by atoms with Crippen molar-refractivity contribution in [2.24, 2.45) is 5.10 Å². The van der Waals surface area contributed by atoms with E-state index in [9.17, 15) is 22.4 Å². The maximum Gasteiger partial charge on any atom is 0.272 e. The average molecular weight is 399 g/mol. The first-order valence-corrected chi connectivity index (χ1v) is 9.31. The van der Waals surface area contributed by atoms with E-state index in [1.807, 2.05) is 13.8 Å². The number of halogens is 4. The van der Waals surface area contributed by atoms with Crippen LogP contribution in [0.25, 0.3) is 0 Å². The highest BCUT2D eigenvalue weighted by Gasteiger charge is 2.43. The van der Waals surface area contributed by atoms with Crippen molar-refractivity contribution in [3.8, 4) is 0 Å². The van der Waals surface area contributed by atoms with Crippen LogP contribution in [0.4, 0.5) is 17.6 Å². The summed E-state index contributed by atoms with van der Waals surface area (Å²) in [6.45, 7) is 7.58. The van der Waals surface area contributed by atoms with Crippen LogP contribution in [0.3, 0.4) is 0 Å². The van der Waals surface area contributed by atoms with Gasteiger partial charge in [-0.3, -0.25) is 9.69 Å². The largest absolute Gasteiger partial charge is 0.287 e. The molecular formula is C20H25F4N3O. The average Bonchev–Trinajstić information content (AvgIpc) is 3.09. The number of alkyl halides is 2. The summed E-state index contributed by atoms with van der Waals surface area (Å²) in [5.74, 6) is -4.35. The van der Waals surface area contributed by atoms with Crippen LogP contribution in [0.5, 0.6) is 0 Å². The molecule has 1 fully saturated rings. The van der Waals surface area contributed by atoms with Crippen LogP contribution in [-0.2, 0) is 4.79 Å². The maximum atomic E-state index is 13.4. The third-order valence-electron chi connectivity index (χ3n) is 4.40. The Morgan fingerprint density at radius 1 is 1.18 bits per heavy atom. The molecule has 1 aromatic rings. The van der Waals surface area contributed by atoms with Gasteiger partial charge in [0.25, 0.3) is 5.92 Å². The van der Waals surface area contributed by atoms with Crippen molar-refractivity contribution in [2.45, 2.75) is 45.1 Å². The molecule has 3 rings (SSSR count). The van der Waals surface area contributed by atoms with E-state index in [-0.39, 0.29) is 25.4 Å². The van der Waals surface area contributed by atoms with E-state index in [0.717, 1.165) is 6.07 Å². The van der Waals surface area contributed by atoms with Crippen molar-refractivity contribution >= 4 is 12.1 Å². The second kappa shape index (κ2) is 9.32. The zero-order valence-electron chi connectivity index (χ0n) is 16.1. The first-order chi connectivity index (χ1) is 13.2. The highest BCUT2D eigenvalue weighted by atomic mass is 19.3. The zero-order valence-corrected chi connectivity index (χ0v) is 16.1. The summed E-state index contributed by atoms with van der Waals surface area (Å²) in [6.07, 6.45) is 2.35. The Hall–Kier alpha value is -2.22. The molecule has 1 aromatic carbocycles. The number of benzene rings is 1. The third kappa shape index (κ3) is 5.64. The number of likely N-dealkylation sites (tertiary alicyclic amines) is 1. The fourth-order valence-electron chi connectivity index (χ4n) is 3.21. The quantitative estimate of drug-likeness (QED) is 0.520. The summed E-state index contributed by atoms with van der Waals surface area (Å²) >= 11 is 0. The molecule has 0 bridgehead atoms. The van der Waals surface area contributed by atoms with Gasteiger partial charge in [0, 0.05) is 31.7 Å². The summed E-state index contributed by atoms with van der Waals surface area (Å²) in [5, 5.41) is 5.23. The fraction of sp³-hybridized carbons (Fsp3) is 0.500. The molecular weight excluding hydrogens is 374 g/mol. The summed E-state index contributed by atoms with van der Waals surface area (Å²) in [7, 11) is 0. The SMILES string of the molecule is C=C(CCC(=O)N1N=CCC1c1cc(F)cc(F)c1)CN1CC(F)(F)C1.CC. The Balaban J connectivity index is 0.00000136. The lowest BCUT2D eigenvalue weighted by Crippen LogP contribution is -2.56. The van der Waals surface area contributed by atoms with Crippen molar-refractivity contribution in [3.63, 3.8) is 0 Å². The molecule has 0 radical (unpaired) electrons. The van der Waals surface area contributed by atoms with E-state index in [0.29, 0.717) is 30.5 Å². The fourth-order valence-corrected chi connectivity index (χ4v) is 3.21. The van der Waals surface area contributed by atoms with Crippen LogP contribution in [0, 0.1) is 11.6 Å². The monoisotopic (exact) mass is 399 g/mol. The number of carbonyl (C=O) groups excluding carboxylic acids is 1. The number of carbonyl (C=O) groups is 1. The van der Waals surface area contributed by atoms with E-state index < -0.39 is 23.6 Å². The molecule has 0 aliphatic carbocycles. The Bertz CT molecular complexity index is 723. The minimum Gasteiger partial charge on any atom is -0.287 e.